The van der Waals surface area contributed by atoms with Gasteiger partial charge in [0.2, 0.25) is 5.91 Å². The van der Waals surface area contributed by atoms with E-state index in [0.717, 1.165) is 29.0 Å². The molecule has 0 saturated carbocycles. The number of benzene rings is 2. The van der Waals surface area contributed by atoms with E-state index in [4.69, 9.17) is 9.47 Å². The Hall–Kier alpha value is -3.22. The topological polar surface area (TPSA) is 75.2 Å². The number of carbonyl (C=O) groups is 1. The molecular formula is C22H30N4O3. The van der Waals surface area contributed by atoms with Gasteiger partial charge in [0.25, 0.3) is 0 Å². The number of nitrogens with zero attached hydrogens (tertiary/aromatic N) is 2. The minimum Gasteiger partial charge on any atom is -0.497 e. The zero-order valence-electron chi connectivity index (χ0n) is 17.6. The Morgan fingerprint density at radius 3 is 2.38 bits per heavy atom. The van der Waals surface area contributed by atoms with Crippen molar-refractivity contribution in [2.75, 3.05) is 41.4 Å². The summed E-state index contributed by atoms with van der Waals surface area (Å²) in [6.07, 6.45) is 0.773. The number of rotatable bonds is 9. The fourth-order valence-electron chi connectivity index (χ4n) is 2.62. The lowest BCUT2D eigenvalue weighted by Gasteiger charge is -2.15. The molecule has 0 aliphatic carbocycles. The Kier molecular flexibility index (Phi) is 8.82. The Labute approximate surface area is 172 Å². The van der Waals surface area contributed by atoms with E-state index in [0.29, 0.717) is 19.0 Å². The molecule has 7 heteroatoms. The number of carbonyl (C=O) groups excluding carboxylic acids is 1. The standard InChI is InChI=1S/C22H30N4O3/c1-26(2)21(27)16-25-22(24-15-17-9-11-19(28-3)12-10-17)23-14-13-18-7-5-6-8-20(18)29-4/h5-12H,13-16H2,1-4H3,(H2,23,24,25). The van der Waals surface area contributed by atoms with Crippen molar-refractivity contribution in [1.82, 2.24) is 15.5 Å². The summed E-state index contributed by atoms with van der Waals surface area (Å²) in [6, 6.07) is 15.7. The van der Waals surface area contributed by atoms with E-state index in [1.54, 1.807) is 33.2 Å². The van der Waals surface area contributed by atoms with Crippen molar-refractivity contribution in [1.29, 1.82) is 0 Å². The van der Waals surface area contributed by atoms with Gasteiger partial charge in [-0.1, -0.05) is 30.3 Å². The van der Waals surface area contributed by atoms with E-state index < -0.39 is 0 Å². The molecule has 1 amide bonds. The van der Waals surface area contributed by atoms with Gasteiger partial charge < -0.3 is 25.0 Å². The van der Waals surface area contributed by atoms with Crippen LogP contribution in [0.5, 0.6) is 11.5 Å². The van der Waals surface area contributed by atoms with E-state index in [-0.39, 0.29) is 12.5 Å². The molecule has 2 aromatic carbocycles. The van der Waals surface area contributed by atoms with Crippen LogP contribution in [0.2, 0.25) is 0 Å². The second-order valence-electron chi connectivity index (χ2n) is 6.64. The van der Waals surface area contributed by atoms with Crippen molar-refractivity contribution in [3.8, 4) is 11.5 Å². The zero-order chi connectivity index (χ0) is 21.1. The highest BCUT2D eigenvalue weighted by Gasteiger charge is 2.07. The molecule has 0 aliphatic rings. The molecule has 0 unspecified atom stereocenters. The molecule has 2 aromatic rings. The van der Waals surface area contributed by atoms with Crippen molar-refractivity contribution in [2.24, 2.45) is 4.99 Å². The monoisotopic (exact) mass is 398 g/mol. The van der Waals surface area contributed by atoms with Gasteiger partial charge in [-0.3, -0.25) is 4.79 Å². The lowest BCUT2D eigenvalue weighted by molar-refractivity contribution is -0.127. The second kappa shape index (κ2) is 11.6. The molecule has 0 aromatic heterocycles. The summed E-state index contributed by atoms with van der Waals surface area (Å²) in [4.78, 5) is 18.1. The van der Waals surface area contributed by atoms with E-state index in [1.165, 1.54) is 0 Å². The molecule has 0 atom stereocenters. The Bertz CT molecular complexity index is 804. The van der Waals surface area contributed by atoms with Crippen molar-refractivity contribution >= 4 is 11.9 Å². The third-order valence-corrected chi connectivity index (χ3v) is 4.36. The largest absolute Gasteiger partial charge is 0.497 e. The van der Waals surface area contributed by atoms with Gasteiger partial charge in [0.15, 0.2) is 5.96 Å². The summed E-state index contributed by atoms with van der Waals surface area (Å²) >= 11 is 0. The van der Waals surface area contributed by atoms with E-state index in [2.05, 4.69) is 15.6 Å². The highest BCUT2D eigenvalue weighted by Crippen LogP contribution is 2.17. The normalized spacial score (nSPS) is 11.0. The minimum atomic E-state index is -0.0197. The van der Waals surface area contributed by atoms with Crippen molar-refractivity contribution in [2.45, 2.75) is 13.0 Å². The first-order chi connectivity index (χ1) is 14.0. The molecule has 156 valence electrons. The molecule has 7 nitrogen and oxygen atoms in total. The van der Waals surface area contributed by atoms with E-state index in [1.807, 2.05) is 48.5 Å². The van der Waals surface area contributed by atoms with Gasteiger partial charge in [-0.2, -0.15) is 0 Å². The van der Waals surface area contributed by atoms with Crippen LogP contribution < -0.4 is 20.1 Å². The van der Waals surface area contributed by atoms with Gasteiger partial charge in [0, 0.05) is 20.6 Å². The molecule has 2 rings (SSSR count). The smallest absolute Gasteiger partial charge is 0.241 e. The number of hydrogen-bond acceptors (Lipinski definition) is 4. The van der Waals surface area contributed by atoms with Crippen LogP contribution in [0, 0.1) is 0 Å². The summed E-state index contributed by atoms with van der Waals surface area (Å²) in [5.41, 5.74) is 2.16. The second-order valence-corrected chi connectivity index (χ2v) is 6.64. The minimum absolute atomic E-state index is 0.0197. The summed E-state index contributed by atoms with van der Waals surface area (Å²) in [5.74, 6) is 2.24. The molecule has 0 saturated heterocycles. The number of aliphatic imine (C=N–C) groups is 1. The molecule has 0 radical (unpaired) electrons. The summed E-state index contributed by atoms with van der Waals surface area (Å²) in [5, 5.41) is 6.39. The molecule has 0 fully saturated rings. The lowest BCUT2D eigenvalue weighted by Crippen LogP contribution is -2.43. The highest BCUT2D eigenvalue weighted by atomic mass is 16.5. The predicted molar refractivity (Wildman–Crippen MR) is 116 cm³/mol. The maximum atomic E-state index is 11.9. The molecule has 0 spiro atoms. The number of guanidine groups is 1. The van der Waals surface area contributed by atoms with Crippen LogP contribution in [0.1, 0.15) is 11.1 Å². The van der Waals surface area contributed by atoms with Gasteiger partial charge in [-0.25, -0.2) is 4.99 Å². The fourth-order valence-corrected chi connectivity index (χ4v) is 2.62. The van der Waals surface area contributed by atoms with E-state index >= 15 is 0 Å². The number of methoxy groups -OCH3 is 2. The maximum Gasteiger partial charge on any atom is 0.241 e. The average Bonchev–Trinajstić information content (AvgIpc) is 2.75. The molecule has 2 N–H and O–H groups in total. The van der Waals surface area contributed by atoms with Crippen molar-refractivity contribution < 1.29 is 14.3 Å². The first kappa shape index (κ1) is 22.1. The van der Waals surface area contributed by atoms with Gasteiger partial charge >= 0.3 is 0 Å². The molecule has 29 heavy (non-hydrogen) atoms. The Morgan fingerprint density at radius 1 is 1.00 bits per heavy atom. The number of para-hydroxylation sites is 1. The summed E-state index contributed by atoms with van der Waals surface area (Å²) < 4.78 is 10.6. The third-order valence-electron chi connectivity index (χ3n) is 4.36. The SMILES string of the molecule is COc1ccc(CN=C(NCCc2ccccc2OC)NCC(=O)N(C)C)cc1. The third kappa shape index (κ3) is 7.37. The van der Waals surface area contributed by atoms with E-state index in [9.17, 15) is 4.79 Å². The zero-order valence-corrected chi connectivity index (χ0v) is 17.6. The number of amides is 1. The Morgan fingerprint density at radius 2 is 1.72 bits per heavy atom. The van der Waals surface area contributed by atoms with Crippen LogP contribution in [-0.2, 0) is 17.8 Å². The van der Waals surface area contributed by atoms with Crippen molar-refractivity contribution in [3.05, 3.63) is 59.7 Å². The highest BCUT2D eigenvalue weighted by molar-refractivity contribution is 5.86. The van der Waals surface area contributed by atoms with Crippen LogP contribution in [0.3, 0.4) is 0 Å². The molecule has 0 bridgehead atoms. The van der Waals surface area contributed by atoms with Gasteiger partial charge in [-0.05, 0) is 35.7 Å². The van der Waals surface area contributed by atoms with Crippen LogP contribution >= 0.6 is 0 Å². The summed E-state index contributed by atoms with van der Waals surface area (Å²) in [7, 11) is 6.77. The lowest BCUT2D eigenvalue weighted by atomic mass is 10.1. The van der Waals surface area contributed by atoms with Gasteiger partial charge in [0.1, 0.15) is 11.5 Å². The van der Waals surface area contributed by atoms with Gasteiger partial charge in [0.05, 0.1) is 27.3 Å². The summed E-state index contributed by atoms with van der Waals surface area (Å²) in [6.45, 7) is 1.32. The maximum absolute atomic E-state index is 11.9. The van der Waals surface area contributed by atoms with Crippen LogP contribution in [-0.4, -0.2) is 58.2 Å². The molecule has 0 aliphatic heterocycles. The number of hydrogen-bond donors (Lipinski definition) is 2. The number of ether oxygens (including phenoxy) is 2. The van der Waals surface area contributed by atoms with Gasteiger partial charge in [-0.15, -0.1) is 0 Å². The average molecular weight is 399 g/mol. The molecular weight excluding hydrogens is 368 g/mol. The Balaban J connectivity index is 1.99. The van der Waals surface area contributed by atoms with Crippen LogP contribution in [0.4, 0.5) is 0 Å². The first-order valence-corrected chi connectivity index (χ1v) is 9.50. The first-order valence-electron chi connectivity index (χ1n) is 9.50. The van der Waals surface area contributed by atoms with Crippen molar-refractivity contribution in [3.63, 3.8) is 0 Å². The molecule has 0 heterocycles. The number of nitrogens with one attached hydrogen (secondary N) is 2. The fraction of sp³-hybridized carbons (Fsp3) is 0.364. The number of likely N-dealkylation sites (N-methyl/N-ethyl adjacent to an activating group) is 1. The predicted octanol–water partition coefficient (Wildman–Crippen LogP) is 2.07. The van der Waals surface area contributed by atoms with Crippen LogP contribution in [0.25, 0.3) is 0 Å². The quantitative estimate of drug-likeness (QED) is 0.500. The van der Waals surface area contributed by atoms with Crippen LogP contribution in [0.15, 0.2) is 53.5 Å².